The van der Waals surface area contributed by atoms with Crippen molar-refractivity contribution in [1.82, 2.24) is 14.9 Å². The van der Waals surface area contributed by atoms with Gasteiger partial charge in [-0.3, -0.25) is 4.79 Å². The molecule has 1 fully saturated rings. The second kappa shape index (κ2) is 5.70. The number of benzene rings is 2. The first kappa shape index (κ1) is 14.3. The Morgan fingerprint density at radius 2 is 1.91 bits per heavy atom. The molecule has 2 aromatic carbocycles. The van der Waals surface area contributed by atoms with Gasteiger partial charge in [-0.2, -0.15) is 0 Å². The van der Waals surface area contributed by atoms with Crippen LogP contribution in [-0.4, -0.2) is 15.5 Å². The van der Waals surface area contributed by atoms with Crippen LogP contribution in [0.5, 0.6) is 0 Å². The maximum absolute atomic E-state index is 12.3. The minimum atomic E-state index is -0.176. The molecular formula is C18H16ClN3O. The summed E-state index contributed by atoms with van der Waals surface area (Å²) >= 11 is 6.08. The zero-order valence-corrected chi connectivity index (χ0v) is 13.3. The molecule has 1 heterocycles. The molecule has 1 amide bonds. The summed E-state index contributed by atoms with van der Waals surface area (Å²) in [4.78, 5) is 17.0. The van der Waals surface area contributed by atoms with Crippen LogP contribution in [-0.2, 0) is 6.54 Å². The predicted molar refractivity (Wildman–Crippen MR) is 90.6 cm³/mol. The zero-order valence-electron chi connectivity index (χ0n) is 12.5. The number of nitrogens with one attached hydrogen (secondary N) is 1. The first-order valence-electron chi connectivity index (χ1n) is 7.72. The number of hydrogen-bond donors (Lipinski definition) is 1. The molecule has 0 bridgehead atoms. The highest BCUT2D eigenvalue weighted by molar-refractivity contribution is 6.33. The second-order valence-corrected chi connectivity index (χ2v) is 6.19. The summed E-state index contributed by atoms with van der Waals surface area (Å²) in [5, 5.41) is 3.39. The lowest BCUT2D eigenvalue weighted by atomic mass is 10.2. The summed E-state index contributed by atoms with van der Waals surface area (Å²) in [6, 6.07) is 15.7. The van der Waals surface area contributed by atoms with Crippen LogP contribution in [0.15, 0.2) is 48.5 Å². The number of imidazole rings is 1. The number of hydrogen-bond acceptors (Lipinski definition) is 2. The number of amides is 1. The van der Waals surface area contributed by atoms with E-state index in [4.69, 9.17) is 11.6 Å². The topological polar surface area (TPSA) is 46.9 Å². The molecule has 5 heteroatoms. The van der Waals surface area contributed by atoms with Gasteiger partial charge in [0.1, 0.15) is 5.82 Å². The summed E-state index contributed by atoms with van der Waals surface area (Å²) in [6.07, 6.45) is 2.34. The summed E-state index contributed by atoms with van der Waals surface area (Å²) < 4.78 is 2.25. The third kappa shape index (κ3) is 2.70. The Kier molecular flexibility index (Phi) is 3.54. The predicted octanol–water partition coefficient (Wildman–Crippen LogP) is 3.95. The van der Waals surface area contributed by atoms with E-state index in [1.165, 1.54) is 12.8 Å². The van der Waals surface area contributed by atoms with E-state index in [0.717, 1.165) is 16.9 Å². The van der Waals surface area contributed by atoms with Gasteiger partial charge in [0.05, 0.1) is 28.2 Å². The van der Waals surface area contributed by atoms with Crippen LogP contribution in [0.2, 0.25) is 5.02 Å². The minimum absolute atomic E-state index is 0.176. The van der Waals surface area contributed by atoms with E-state index >= 15 is 0 Å². The molecule has 1 saturated carbocycles. The highest BCUT2D eigenvalue weighted by Gasteiger charge is 2.28. The van der Waals surface area contributed by atoms with Crippen molar-refractivity contribution in [2.75, 3.05) is 0 Å². The first-order valence-corrected chi connectivity index (χ1v) is 8.10. The Balaban J connectivity index is 1.60. The quantitative estimate of drug-likeness (QED) is 0.789. The number of carbonyl (C=O) groups is 1. The SMILES string of the molecule is O=C(NCc1nc2ccccc2n1C1CC1)c1ccccc1Cl. The minimum Gasteiger partial charge on any atom is -0.345 e. The van der Waals surface area contributed by atoms with Crippen molar-refractivity contribution in [3.63, 3.8) is 0 Å². The third-order valence-corrected chi connectivity index (χ3v) is 4.44. The van der Waals surface area contributed by atoms with E-state index in [1.807, 2.05) is 24.3 Å². The number of nitrogens with zero attached hydrogens (tertiary/aromatic N) is 2. The normalized spacial score (nSPS) is 14.1. The molecule has 0 unspecified atom stereocenters. The maximum Gasteiger partial charge on any atom is 0.253 e. The Morgan fingerprint density at radius 1 is 1.17 bits per heavy atom. The van der Waals surface area contributed by atoms with E-state index in [9.17, 15) is 4.79 Å². The van der Waals surface area contributed by atoms with Crippen LogP contribution in [0.3, 0.4) is 0 Å². The zero-order chi connectivity index (χ0) is 15.8. The van der Waals surface area contributed by atoms with Gasteiger partial charge in [-0.15, -0.1) is 0 Å². The monoisotopic (exact) mass is 325 g/mol. The van der Waals surface area contributed by atoms with Gasteiger partial charge in [0.2, 0.25) is 0 Å². The Labute approximate surface area is 139 Å². The first-order chi connectivity index (χ1) is 11.2. The fourth-order valence-corrected chi connectivity index (χ4v) is 3.08. The van der Waals surface area contributed by atoms with Crippen LogP contribution in [0, 0.1) is 0 Å². The molecule has 0 saturated heterocycles. The van der Waals surface area contributed by atoms with E-state index in [2.05, 4.69) is 20.9 Å². The van der Waals surface area contributed by atoms with Gasteiger partial charge < -0.3 is 9.88 Å². The average molecular weight is 326 g/mol. The molecule has 1 aliphatic rings. The largest absolute Gasteiger partial charge is 0.345 e. The second-order valence-electron chi connectivity index (χ2n) is 5.78. The Morgan fingerprint density at radius 3 is 2.70 bits per heavy atom. The number of para-hydroxylation sites is 2. The van der Waals surface area contributed by atoms with E-state index in [-0.39, 0.29) is 5.91 Å². The molecule has 4 nitrogen and oxygen atoms in total. The number of fused-ring (bicyclic) bond motifs is 1. The van der Waals surface area contributed by atoms with Crippen molar-refractivity contribution in [2.24, 2.45) is 0 Å². The molecule has 1 N–H and O–H groups in total. The highest BCUT2D eigenvalue weighted by Crippen LogP contribution is 2.38. The summed E-state index contributed by atoms with van der Waals surface area (Å²) in [6.45, 7) is 0.398. The lowest BCUT2D eigenvalue weighted by molar-refractivity contribution is 0.0949. The van der Waals surface area contributed by atoms with Gasteiger partial charge in [0, 0.05) is 6.04 Å². The van der Waals surface area contributed by atoms with Crippen LogP contribution in [0.25, 0.3) is 11.0 Å². The van der Waals surface area contributed by atoms with Gasteiger partial charge in [0.25, 0.3) is 5.91 Å². The van der Waals surface area contributed by atoms with E-state index < -0.39 is 0 Å². The average Bonchev–Trinajstić information content (AvgIpc) is 3.33. The molecule has 0 radical (unpaired) electrons. The van der Waals surface area contributed by atoms with Gasteiger partial charge in [0.15, 0.2) is 0 Å². The number of halogens is 1. The highest BCUT2D eigenvalue weighted by atomic mass is 35.5. The fourth-order valence-electron chi connectivity index (χ4n) is 2.86. The maximum atomic E-state index is 12.3. The lowest BCUT2D eigenvalue weighted by Crippen LogP contribution is -2.25. The molecule has 23 heavy (non-hydrogen) atoms. The van der Waals surface area contributed by atoms with Crippen molar-refractivity contribution in [3.05, 3.63) is 64.9 Å². The van der Waals surface area contributed by atoms with Crippen LogP contribution < -0.4 is 5.32 Å². The molecule has 4 rings (SSSR count). The third-order valence-electron chi connectivity index (χ3n) is 4.11. The molecule has 0 aliphatic heterocycles. The molecule has 0 atom stereocenters. The molecule has 3 aromatic rings. The standard InChI is InChI=1S/C18H16ClN3O/c19-14-6-2-1-5-13(14)18(23)20-11-17-21-15-7-3-4-8-16(15)22(17)12-9-10-12/h1-8,12H,9-11H2,(H,20,23). The van der Waals surface area contributed by atoms with Crippen LogP contribution >= 0.6 is 11.6 Å². The molecule has 0 spiro atoms. The number of carbonyl (C=O) groups excluding carboxylic acids is 1. The number of rotatable bonds is 4. The van der Waals surface area contributed by atoms with Crippen LogP contribution in [0.1, 0.15) is 35.1 Å². The Hall–Kier alpha value is -2.33. The van der Waals surface area contributed by atoms with Gasteiger partial charge in [-0.1, -0.05) is 35.9 Å². The summed E-state index contributed by atoms with van der Waals surface area (Å²) in [5.41, 5.74) is 2.60. The van der Waals surface area contributed by atoms with Gasteiger partial charge in [-0.05, 0) is 37.1 Å². The van der Waals surface area contributed by atoms with E-state index in [1.54, 1.807) is 18.2 Å². The smallest absolute Gasteiger partial charge is 0.253 e. The van der Waals surface area contributed by atoms with Gasteiger partial charge in [-0.25, -0.2) is 4.98 Å². The lowest BCUT2D eigenvalue weighted by Gasteiger charge is -2.09. The van der Waals surface area contributed by atoms with Crippen molar-refractivity contribution in [1.29, 1.82) is 0 Å². The van der Waals surface area contributed by atoms with Crippen molar-refractivity contribution >= 4 is 28.5 Å². The van der Waals surface area contributed by atoms with Crippen LogP contribution in [0.4, 0.5) is 0 Å². The molecule has 1 aliphatic carbocycles. The van der Waals surface area contributed by atoms with Crippen molar-refractivity contribution in [3.8, 4) is 0 Å². The fraction of sp³-hybridized carbons (Fsp3) is 0.222. The summed E-state index contributed by atoms with van der Waals surface area (Å²) in [7, 11) is 0. The van der Waals surface area contributed by atoms with Gasteiger partial charge >= 0.3 is 0 Å². The number of aromatic nitrogens is 2. The Bertz CT molecular complexity index is 883. The molecule has 116 valence electrons. The van der Waals surface area contributed by atoms with Crippen molar-refractivity contribution < 1.29 is 4.79 Å². The molecule has 1 aromatic heterocycles. The van der Waals surface area contributed by atoms with E-state index in [0.29, 0.717) is 23.2 Å². The van der Waals surface area contributed by atoms with Crippen molar-refractivity contribution in [2.45, 2.75) is 25.4 Å². The molecular weight excluding hydrogens is 310 g/mol. The summed E-state index contributed by atoms with van der Waals surface area (Å²) in [5.74, 6) is 0.721.